The van der Waals surface area contributed by atoms with Crippen molar-refractivity contribution in [3.05, 3.63) is 87.7 Å². The molecule has 5 rings (SSSR count). The van der Waals surface area contributed by atoms with Crippen LogP contribution in [0.2, 0.25) is 0 Å². The van der Waals surface area contributed by atoms with E-state index < -0.39 is 17.5 Å². The number of nitriles is 1. The second-order valence-electron chi connectivity index (χ2n) is 10.9. The van der Waals surface area contributed by atoms with Gasteiger partial charge in [0.15, 0.2) is 17.5 Å². The van der Waals surface area contributed by atoms with Gasteiger partial charge in [0.2, 0.25) is 0 Å². The molecule has 3 aromatic carbocycles. The number of hydrogen-bond acceptors (Lipinski definition) is 5. The Balaban J connectivity index is 1.26. The minimum absolute atomic E-state index is 0.0675. The number of carbonyl (C=O) groups excluding carboxylic acids is 1. The van der Waals surface area contributed by atoms with Gasteiger partial charge < -0.3 is 20.0 Å². The lowest BCUT2D eigenvalue weighted by Gasteiger charge is -2.37. The van der Waals surface area contributed by atoms with Gasteiger partial charge in [-0.1, -0.05) is 18.2 Å². The highest BCUT2D eigenvalue weighted by Gasteiger charge is 2.28. The summed E-state index contributed by atoms with van der Waals surface area (Å²) in [4.78, 5) is 19.5. The largest absolute Gasteiger partial charge is 0.382 e. The maximum absolute atomic E-state index is 13.8. The van der Waals surface area contributed by atoms with E-state index >= 15 is 0 Å². The van der Waals surface area contributed by atoms with E-state index in [0.717, 1.165) is 66.1 Å². The van der Waals surface area contributed by atoms with E-state index in [2.05, 4.69) is 23.2 Å². The van der Waals surface area contributed by atoms with E-state index in [1.54, 1.807) is 9.80 Å². The van der Waals surface area contributed by atoms with Crippen molar-refractivity contribution in [3.8, 4) is 6.07 Å². The Morgan fingerprint density at radius 3 is 2.15 bits per heavy atom. The number of aryl methyl sites for hydroxylation is 2. The van der Waals surface area contributed by atoms with Gasteiger partial charge in [0.25, 0.3) is 5.91 Å². The minimum atomic E-state index is -1.48. The molecule has 9 heteroatoms. The Hall–Kier alpha value is -4.19. The third kappa shape index (κ3) is 5.69. The molecule has 0 radical (unpaired) electrons. The lowest BCUT2D eigenvalue weighted by atomic mass is 9.94. The van der Waals surface area contributed by atoms with Gasteiger partial charge in [0.05, 0.1) is 11.3 Å². The van der Waals surface area contributed by atoms with E-state index in [4.69, 9.17) is 0 Å². The quantitative estimate of drug-likeness (QED) is 0.391. The summed E-state index contributed by atoms with van der Waals surface area (Å²) in [7, 11) is 0. The van der Waals surface area contributed by atoms with Crippen molar-refractivity contribution in [1.82, 2.24) is 4.90 Å². The zero-order valence-corrected chi connectivity index (χ0v) is 23.6. The second kappa shape index (κ2) is 11.7. The summed E-state index contributed by atoms with van der Waals surface area (Å²) >= 11 is 0. The van der Waals surface area contributed by atoms with Crippen molar-refractivity contribution in [2.45, 2.75) is 39.7 Å². The van der Waals surface area contributed by atoms with Crippen molar-refractivity contribution in [2.75, 3.05) is 54.4 Å². The average molecular weight is 562 g/mol. The van der Waals surface area contributed by atoms with Gasteiger partial charge >= 0.3 is 0 Å². The molecule has 1 N–H and O–H groups in total. The Morgan fingerprint density at radius 1 is 0.878 bits per heavy atom. The maximum Gasteiger partial charge on any atom is 0.254 e. The van der Waals surface area contributed by atoms with Crippen molar-refractivity contribution >= 4 is 23.0 Å². The fourth-order valence-corrected chi connectivity index (χ4v) is 6.10. The minimum Gasteiger partial charge on any atom is -0.382 e. The SMILES string of the molecule is Cc1cc(C)c(C(=O)N2CCN(c3cc(F)c(F)c(F)c3)CC2)c(C)c1NC1CCN(c2ccccc2C#N)CC1. The molecule has 2 aliphatic heterocycles. The molecular formula is C32H34F3N5O. The highest BCUT2D eigenvalue weighted by Crippen LogP contribution is 2.32. The first-order chi connectivity index (χ1) is 19.7. The topological polar surface area (TPSA) is 62.6 Å². The molecule has 214 valence electrons. The van der Waals surface area contributed by atoms with E-state index in [-0.39, 0.29) is 17.6 Å². The molecule has 0 unspecified atom stereocenters. The molecule has 1 amide bonds. The van der Waals surface area contributed by atoms with E-state index in [1.165, 1.54) is 0 Å². The molecule has 2 saturated heterocycles. The van der Waals surface area contributed by atoms with Crippen LogP contribution in [-0.4, -0.2) is 56.1 Å². The van der Waals surface area contributed by atoms with Crippen LogP contribution >= 0.6 is 0 Å². The first-order valence-electron chi connectivity index (χ1n) is 14.0. The number of halogens is 3. The zero-order valence-electron chi connectivity index (χ0n) is 23.6. The number of nitrogens with zero attached hydrogens (tertiary/aromatic N) is 4. The van der Waals surface area contributed by atoms with Crippen LogP contribution in [0.1, 0.15) is 45.5 Å². The van der Waals surface area contributed by atoms with Crippen LogP contribution in [0, 0.1) is 49.6 Å². The lowest BCUT2D eigenvalue weighted by Crippen LogP contribution is -2.49. The second-order valence-corrected chi connectivity index (χ2v) is 10.9. The molecule has 0 spiro atoms. The maximum atomic E-state index is 13.8. The van der Waals surface area contributed by atoms with Crippen LogP contribution in [0.3, 0.4) is 0 Å². The molecule has 0 atom stereocenters. The fourth-order valence-electron chi connectivity index (χ4n) is 6.10. The molecule has 2 heterocycles. The van der Waals surface area contributed by atoms with Crippen LogP contribution in [0.4, 0.5) is 30.2 Å². The third-order valence-electron chi connectivity index (χ3n) is 8.29. The summed E-state index contributed by atoms with van der Waals surface area (Å²) in [5, 5.41) is 13.2. The number of nitrogens with one attached hydrogen (secondary N) is 1. The normalized spacial score (nSPS) is 16.1. The van der Waals surface area contributed by atoms with Crippen LogP contribution in [0.5, 0.6) is 0 Å². The number of para-hydroxylation sites is 1. The van der Waals surface area contributed by atoms with E-state index in [9.17, 15) is 23.2 Å². The lowest BCUT2D eigenvalue weighted by molar-refractivity contribution is 0.0745. The fraction of sp³-hybridized carbons (Fsp3) is 0.375. The number of piperazine rings is 1. The molecule has 2 aliphatic rings. The predicted octanol–water partition coefficient (Wildman–Crippen LogP) is 5.94. The van der Waals surface area contributed by atoms with Crippen LogP contribution in [0.25, 0.3) is 0 Å². The molecule has 2 fully saturated rings. The summed E-state index contributed by atoms with van der Waals surface area (Å²) in [6.07, 6.45) is 1.81. The van der Waals surface area contributed by atoms with Crippen molar-refractivity contribution in [3.63, 3.8) is 0 Å². The number of anilines is 3. The van der Waals surface area contributed by atoms with Gasteiger partial charge in [-0.15, -0.1) is 0 Å². The molecular weight excluding hydrogens is 527 g/mol. The smallest absolute Gasteiger partial charge is 0.254 e. The van der Waals surface area contributed by atoms with Gasteiger partial charge in [0, 0.05) is 74.4 Å². The number of carbonyl (C=O) groups is 1. The molecule has 0 bridgehead atoms. The molecule has 41 heavy (non-hydrogen) atoms. The monoisotopic (exact) mass is 561 g/mol. The summed E-state index contributed by atoms with van der Waals surface area (Å²) < 4.78 is 40.9. The van der Waals surface area contributed by atoms with Crippen LogP contribution in [0.15, 0.2) is 42.5 Å². The first-order valence-corrected chi connectivity index (χ1v) is 14.0. The molecule has 0 aromatic heterocycles. The van der Waals surface area contributed by atoms with E-state index in [1.807, 2.05) is 44.2 Å². The first kappa shape index (κ1) is 28.3. The van der Waals surface area contributed by atoms with Crippen LogP contribution < -0.4 is 15.1 Å². The van der Waals surface area contributed by atoms with Crippen LogP contribution in [-0.2, 0) is 0 Å². The van der Waals surface area contributed by atoms with Gasteiger partial charge in [-0.3, -0.25) is 4.79 Å². The Bertz CT molecular complexity index is 1480. The van der Waals surface area contributed by atoms with Gasteiger partial charge in [-0.2, -0.15) is 5.26 Å². The third-order valence-corrected chi connectivity index (χ3v) is 8.29. The number of benzene rings is 3. The Morgan fingerprint density at radius 2 is 1.51 bits per heavy atom. The molecule has 6 nitrogen and oxygen atoms in total. The highest BCUT2D eigenvalue weighted by molar-refractivity contribution is 5.99. The van der Waals surface area contributed by atoms with Crippen molar-refractivity contribution < 1.29 is 18.0 Å². The van der Waals surface area contributed by atoms with Crippen molar-refractivity contribution in [2.24, 2.45) is 0 Å². The number of rotatable bonds is 5. The number of piperidine rings is 1. The summed E-state index contributed by atoms with van der Waals surface area (Å²) in [6.45, 7) is 9.19. The number of hydrogen-bond donors (Lipinski definition) is 1. The molecule has 0 aliphatic carbocycles. The van der Waals surface area contributed by atoms with Gasteiger partial charge in [-0.25, -0.2) is 13.2 Å². The number of amides is 1. The summed E-state index contributed by atoms with van der Waals surface area (Å²) in [5.74, 6) is -3.99. The van der Waals surface area contributed by atoms with Gasteiger partial charge in [-0.05, 0) is 62.4 Å². The van der Waals surface area contributed by atoms with Crippen molar-refractivity contribution in [1.29, 1.82) is 5.26 Å². The summed E-state index contributed by atoms with van der Waals surface area (Å²) in [6, 6.07) is 14.2. The van der Waals surface area contributed by atoms with E-state index in [0.29, 0.717) is 37.3 Å². The predicted molar refractivity (Wildman–Crippen MR) is 155 cm³/mol. The zero-order chi connectivity index (χ0) is 29.3. The highest BCUT2D eigenvalue weighted by atomic mass is 19.2. The molecule has 0 saturated carbocycles. The summed E-state index contributed by atoms with van der Waals surface area (Å²) in [5.41, 5.74) is 6.47. The Kier molecular flexibility index (Phi) is 8.11. The Labute approximate surface area is 239 Å². The average Bonchev–Trinajstić information content (AvgIpc) is 2.98. The molecule has 3 aromatic rings. The standard InChI is InChI=1S/C32H34F3N5O/c1-20-16-21(2)31(37-24-8-10-39(11-9-24)28-7-5-4-6-23(28)19-36)22(3)29(20)32(41)40-14-12-38(13-15-40)25-17-26(33)30(35)27(34)18-25/h4-7,16-18,24,37H,8-15H2,1-3H3. The van der Waals surface area contributed by atoms with Gasteiger partial charge in [0.1, 0.15) is 6.07 Å².